The molecule has 1 aromatic rings. The molecule has 2 aliphatic rings. The molecule has 0 saturated carbocycles. The van der Waals surface area contributed by atoms with Gasteiger partial charge in [-0.3, -0.25) is 4.90 Å². The number of nitrogens with one attached hydrogen (secondary N) is 1. The van der Waals surface area contributed by atoms with Crippen molar-refractivity contribution in [1.82, 2.24) is 10.2 Å². The van der Waals surface area contributed by atoms with Crippen LogP contribution >= 0.6 is 0 Å². The van der Waals surface area contributed by atoms with Crippen molar-refractivity contribution < 1.29 is 4.74 Å². The van der Waals surface area contributed by atoms with Crippen LogP contribution in [0.5, 0.6) is 5.75 Å². The van der Waals surface area contributed by atoms with E-state index in [1.807, 2.05) is 0 Å². The van der Waals surface area contributed by atoms with Crippen LogP contribution in [0.1, 0.15) is 39.7 Å². The van der Waals surface area contributed by atoms with Crippen molar-refractivity contribution >= 4 is 0 Å². The van der Waals surface area contributed by atoms with Gasteiger partial charge in [-0.25, -0.2) is 0 Å². The third-order valence-electron chi connectivity index (χ3n) is 5.26. The molecule has 21 heavy (non-hydrogen) atoms. The van der Waals surface area contributed by atoms with Crippen LogP contribution in [0, 0.1) is 0 Å². The smallest absolute Gasteiger partial charge is 0.123 e. The van der Waals surface area contributed by atoms with Crippen molar-refractivity contribution in [2.45, 2.75) is 57.7 Å². The largest absolute Gasteiger partial charge is 0.488 e. The summed E-state index contributed by atoms with van der Waals surface area (Å²) in [6.45, 7) is 12.4. The van der Waals surface area contributed by atoms with Crippen molar-refractivity contribution in [1.29, 1.82) is 0 Å². The van der Waals surface area contributed by atoms with Crippen molar-refractivity contribution in [2.75, 3.05) is 19.6 Å². The zero-order valence-corrected chi connectivity index (χ0v) is 13.8. The van der Waals surface area contributed by atoms with Gasteiger partial charge in [-0.1, -0.05) is 25.1 Å². The summed E-state index contributed by atoms with van der Waals surface area (Å²) >= 11 is 0. The van der Waals surface area contributed by atoms with Gasteiger partial charge in [0.1, 0.15) is 11.9 Å². The zero-order valence-electron chi connectivity index (χ0n) is 13.8. The molecule has 0 amide bonds. The number of fused-ring (bicyclic) bond motifs is 1. The predicted molar refractivity (Wildman–Crippen MR) is 86.9 cm³/mol. The Kier molecular flexibility index (Phi) is 3.74. The summed E-state index contributed by atoms with van der Waals surface area (Å²) in [5.74, 6) is 1.08. The maximum absolute atomic E-state index is 6.14. The van der Waals surface area contributed by atoms with Gasteiger partial charge in [-0.2, -0.15) is 0 Å². The fraction of sp³-hybridized carbons (Fsp3) is 0.667. The lowest BCUT2D eigenvalue weighted by Crippen LogP contribution is -2.68. The summed E-state index contributed by atoms with van der Waals surface area (Å²) < 4.78 is 6.14. The number of hydrogen-bond acceptors (Lipinski definition) is 3. The van der Waals surface area contributed by atoms with Crippen molar-refractivity contribution in [3.8, 4) is 5.75 Å². The van der Waals surface area contributed by atoms with Crippen LogP contribution in [0.2, 0.25) is 0 Å². The van der Waals surface area contributed by atoms with Crippen LogP contribution in [-0.2, 0) is 6.42 Å². The first-order valence-corrected chi connectivity index (χ1v) is 8.16. The molecule has 116 valence electrons. The number of nitrogens with zero attached hydrogens (tertiary/aromatic N) is 1. The average molecular weight is 288 g/mol. The second-order valence-corrected chi connectivity index (χ2v) is 7.51. The van der Waals surface area contributed by atoms with E-state index in [1.165, 1.54) is 5.56 Å². The average Bonchev–Trinajstić information content (AvgIpc) is 2.86. The summed E-state index contributed by atoms with van der Waals surface area (Å²) in [6, 6.07) is 8.44. The second kappa shape index (κ2) is 5.29. The zero-order chi connectivity index (χ0) is 15.1. The van der Waals surface area contributed by atoms with Gasteiger partial charge in [-0.15, -0.1) is 0 Å². The normalized spacial score (nSPS) is 31.7. The van der Waals surface area contributed by atoms with Gasteiger partial charge in [0, 0.05) is 37.1 Å². The second-order valence-electron chi connectivity index (χ2n) is 7.51. The first-order valence-electron chi connectivity index (χ1n) is 8.16. The Labute approximate surface area is 128 Å². The van der Waals surface area contributed by atoms with Crippen LogP contribution in [0.15, 0.2) is 24.3 Å². The van der Waals surface area contributed by atoms with Gasteiger partial charge in [0.15, 0.2) is 0 Å². The standard InChI is InChI=1S/C18H28N2O/c1-5-18(4)13-20(17(2,3)12-19-18)11-15-10-14-8-6-7-9-16(14)21-15/h6-9,15,19H,5,10-13H2,1-4H3. The van der Waals surface area contributed by atoms with Gasteiger partial charge in [0.2, 0.25) is 0 Å². The van der Waals surface area contributed by atoms with E-state index in [0.717, 1.165) is 38.2 Å². The molecule has 1 N–H and O–H groups in total. The minimum Gasteiger partial charge on any atom is -0.488 e. The van der Waals surface area contributed by atoms with Gasteiger partial charge in [-0.05, 0) is 38.8 Å². The third kappa shape index (κ3) is 2.95. The van der Waals surface area contributed by atoms with Crippen LogP contribution in [0.25, 0.3) is 0 Å². The van der Waals surface area contributed by atoms with E-state index in [2.05, 4.69) is 62.2 Å². The molecule has 0 spiro atoms. The molecule has 3 heteroatoms. The molecule has 3 nitrogen and oxygen atoms in total. The highest BCUT2D eigenvalue weighted by atomic mass is 16.5. The number of hydrogen-bond donors (Lipinski definition) is 1. The van der Waals surface area contributed by atoms with Crippen molar-refractivity contribution in [3.05, 3.63) is 29.8 Å². The van der Waals surface area contributed by atoms with Crippen LogP contribution in [0.3, 0.4) is 0 Å². The van der Waals surface area contributed by atoms with E-state index in [-0.39, 0.29) is 11.1 Å². The van der Waals surface area contributed by atoms with E-state index >= 15 is 0 Å². The van der Waals surface area contributed by atoms with Gasteiger partial charge >= 0.3 is 0 Å². The monoisotopic (exact) mass is 288 g/mol. The van der Waals surface area contributed by atoms with Crippen LogP contribution in [0.4, 0.5) is 0 Å². The lowest BCUT2D eigenvalue weighted by Gasteiger charge is -2.51. The molecule has 2 aliphatic heterocycles. The van der Waals surface area contributed by atoms with E-state index in [4.69, 9.17) is 4.74 Å². The summed E-state index contributed by atoms with van der Waals surface area (Å²) in [5.41, 5.74) is 1.77. The molecule has 0 aliphatic carbocycles. The summed E-state index contributed by atoms with van der Waals surface area (Å²) in [6.07, 6.45) is 2.49. The molecule has 2 unspecified atom stereocenters. The van der Waals surface area contributed by atoms with E-state index in [9.17, 15) is 0 Å². The summed E-state index contributed by atoms with van der Waals surface area (Å²) in [7, 11) is 0. The number of piperazine rings is 1. The molecule has 1 fully saturated rings. The Morgan fingerprint density at radius 2 is 2.05 bits per heavy atom. The molecule has 3 rings (SSSR count). The Balaban J connectivity index is 1.69. The fourth-order valence-electron chi connectivity index (χ4n) is 3.38. The molecular weight excluding hydrogens is 260 g/mol. The van der Waals surface area contributed by atoms with Crippen LogP contribution in [-0.4, -0.2) is 41.7 Å². The highest BCUT2D eigenvalue weighted by Gasteiger charge is 2.40. The topological polar surface area (TPSA) is 24.5 Å². The Bertz CT molecular complexity index is 489. The molecule has 0 radical (unpaired) electrons. The van der Waals surface area contributed by atoms with Crippen molar-refractivity contribution in [2.24, 2.45) is 0 Å². The molecule has 1 saturated heterocycles. The summed E-state index contributed by atoms with van der Waals surface area (Å²) in [4.78, 5) is 2.61. The lowest BCUT2D eigenvalue weighted by atomic mass is 9.88. The fourth-order valence-corrected chi connectivity index (χ4v) is 3.38. The first kappa shape index (κ1) is 14.9. The highest BCUT2D eigenvalue weighted by molar-refractivity contribution is 5.37. The molecule has 0 bridgehead atoms. The lowest BCUT2D eigenvalue weighted by molar-refractivity contribution is 0.00656. The molecular formula is C18H28N2O. The number of rotatable bonds is 3. The Hall–Kier alpha value is -1.06. The number of ether oxygens (including phenoxy) is 1. The Morgan fingerprint density at radius 1 is 1.29 bits per heavy atom. The third-order valence-corrected chi connectivity index (χ3v) is 5.26. The van der Waals surface area contributed by atoms with Crippen molar-refractivity contribution in [3.63, 3.8) is 0 Å². The van der Waals surface area contributed by atoms with Gasteiger partial charge in [0.05, 0.1) is 0 Å². The minimum absolute atomic E-state index is 0.187. The van der Waals surface area contributed by atoms with Gasteiger partial charge < -0.3 is 10.1 Å². The number of benzene rings is 1. The minimum atomic E-state index is 0.187. The van der Waals surface area contributed by atoms with Crippen LogP contribution < -0.4 is 10.1 Å². The van der Waals surface area contributed by atoms with E-state index in [0.29, 0.717) is 6.10 Å². The molecule has 2 heterocycles. The summed E-state index contributed by atoms with van der Waals surface area (Å²) in [5, 5.41) is 3.72. The first-order chi connectivity index (χ1) is 9.92. The molecule has 0 aromatic heterocycles. The Morgan fingerprint density at radius 3 is 2.76 bits per heavy atom. The quantitative estimate of drug-likeness (QED) is 0.925. The molecule has 1 aromatic carbocycles. The maximum atomic E-state index is 6.14. The SMILES string of the molecule is CCC1(C)CN(CC2Cc3ccccc3O2)C(C)(C)CN1. The highest BCUT2D eigenvalue weighted by Crippen LogP contribution is 2.31. The number of para-hydroxylation sites is 1. The van der Waals surface area contributed by atoms with E-state index < -0.39 is 0 Å². The van der Waals surface area contributed by atoms with Gasteiger partial charge in [0.25, 0.3) is 0 Å². The molecule has 2 atom stereocenters. The maximum Gasteiger partial charge on any atom is 0.123 e. The van der Waals surface area contributed by atoms with E-state index in [1.54, 1.807) is 0 Å². The predicted octanol–water partition coefficient (Wildman–Crippen LogP) is 2.84.